The van der Waals surface area contributed by atoms with Crippen LogP contribution in [0.1, 0.15) is 11.1 Å². The van der Waals surface area contributed by atoms with Crippen molar-refractivity contribution in [1.82, 2.24) is 4.98 Å². The van der Waals surface area contributed by atoms with E-state index in [4.69, 9.17) is 4.74 Å². The Morgan fingerprint density at radius 3 is 3.00 bits per heavy atom. The van der Waals surface area contributed by atoms with E-state index in [0.717, 1.165) is 22.0 Å². The minimum absolute atomic E-state index is 0.246. The highest BCUT2D eigenvalue weighted by atomic mass is 28.1. The minimum atomic E-state index is -0.298. The van der Waals surface area contributed by atoms with Crippen LogP contribution in [-0.4, -0.2) is 33.6 Å². The third kappa shape index (κ3) is 2.58. The van der Waals surface area contributed by atoms with Crippen LogP contribution in [0.15, 0.2) is 31.0 Å². The highest BCUT2D eigenvalue weighted by Gasteiger charge is 2.17. The molecule has 4 heteroatoms. The molecule has 19 heavy (non-hydrogen) atoms. The summed E-state index contributed by atoms with van der Waals surface area (Å²) < 4.78 is 4.78. The van der Waals surface area contributed by atoms with Gasteiger partial charge in [-0.2, -0.15) is 0 Å². The third-order valence-corrected chi connectivity index (χ3v) is 3.60. The molecule has 2 radical (unpaired) electrons. The first kappa shape index (κ1) is 13.5. The number of H-pyrrole nitrogens is 1. The number of carbonyl (C=O) groups is 1. The van der Waals surface area contributed by atoms with Crippen LogP contribution in [0.25, 0.3) is 17.0 Å². The third-order valence-electron chi connectivity index (χ3n) is 3.20. The largest absolute Gasteiger partial charge is 0.469 e. The van der Waals surface area contributed by atoms with E-state index in [-0.39, 0.29) is 11.9 Å². The summed E-state index contributed by atoms with van der Waals surface area (Å²) in [6.07, 6.45) is 4.34. The van der Waals surface area contributed by atoms with Crippen molar-refractivity contribution >= 4 is 38.5 Å². The number of para-hydroxylation sites is 1. The fraction of sp³-hybridized carbons (Fsp3) is 0.200. The number of esters is 1. The minimum Gasteiger partial charge on any atom is -0.469 e. The molecule has 0 aliphatic rings. The monoisotopic (exact) mass is 269 g/mol. The lowest BCUT2D eigenvalue weighted by atomic mass is 9.99. The molecular formula is C15H15NO2Si. The Labute approximate surface area is 115 Å². The van der Waals surface area contributed by atoms with Crippen LogP contribution in [0.2, 0.25) is 0 Å². The fourth-order valence-corrected chi connectivity index (χ4v) is 2.43. The molecule has 0 aliphatic heterocycles. The smallest absolute Gasteiger partial charge is 0.312 e. The molecule has 2 aromatic rings. The molecule has 0 aliphatic carbocycles. The molecule has 0 spiro atoms. The summed E-state index contributed by atoms with van der Waals surface area (Å²) in [5.41, 5.74) is 4.87. The van der Waals surface area contributed by atoms with Crippen molar-refractivity contribution in [2.75, 3.05) is 7.11 Å². The zero-order valence-electron chi connectivity index (χ0n) is 10.8. The Balaban J connectivity index is 2.38. The summed E-state index contributed by atoms with van der Waals surface area (Å²) in [6, 6.07) is 6.03. The number of hydrogen-bond donors (Lipinski definition) is 1. The first-order valence-electron chi connectivity index (χ1n) is 6.01. The number of methoxy groups -OCH3 is 1. The number of hydrogen-bond acceptors (Lipinski definition) is 2. The van der Waals surface area contributed by atoms with Crippen molar-refractivity contribution in [3.05, 3.63) is 42.1 Å². The van der Waals surface area contributed by atoms with Crippen LogP contribution in [0, 0.1) is 5.92 Å². The highest BCUT2D eigenvalue weighted by Crippen LogP contribution is 2.24. The Morgan fingerprint density at radius 2 is 2.37 bits per heavy atom. The van der Waals surface area contributed by atoms with Crippen molar-refractivity contribution in [3.63, 3.8) is 0 Å². The van der Waals surface area contributed by atoms with Gasteiger partial charge < -0.3 is 9.72 Å². The lowest BCUT2D eigenvalue weighted by molar-refractivity contribution is -0.142. The second-order valence-corrected chi connectivity index (χ2v) is 4.62. The first-order chi connectivity index (χ1) is 9.21. The quantitative estimate of drug-likeness (QED) is 0.667. The van der Waals surface area contributed by atoms with Crippen molar-refractivity contribution in [2.45, 2.75) is 6.42 Å². The highest BCUT2D eigenvalue weighted by molar-refractivity contribution is 6.31. The van der Waals surface area contributed by atoms with Crippen LogP contribution < -0.4 is 0 Å². The first-order valence-corrected chi connectivity index (χ1v) is 6.58. The Morgan fingerprint density at radius 1 is 1.58 bits per heavy atom. The van der Waals surface area contributed by atoms with E-state index >= 15 is 0 Å². The maximum Gasteiger partial charge on any atom is 0.312 e. The molecule has 1 N–H and O–H groups in total. The number of nitrogens with one attached hydrogen (secondary N) is 1. The van der Waals surface area contributed by atoms with Gasteiger partial charge in [-0.25, -0.2) is 0 Å². The summed E-state index contributed by atoms with van der Waals surface area (Å²) in [4.78, 5) is 14.9. The number of ether oxygens (including phenoxy) is 1. The van der Waals surface area contributed by atoms with E-state index < -0.39 is 0 Å². The van der Waals surface area contributed by atoms with Gasteiger partial charge in [0.15, 0.2) is 0 Å². The SMILES string of the molecule is C=Cc1cccc2c(C[C@H](C=[Si])C(=O)OC)c[nH]c12. The predicted molar refractivity (Wildman–Crippen MR) is 79.4 cm³/mol. The van der Waals surface area contributed by atoms with E-state index in [1.54, 1.807) is 5.67 Å². The molecule has 1 atom stereocenters. The van der Waals surface area contributed by atoms with Gasteiger partial charge in [0.1, 0.15) is 0 Å². The summed E-state index contributed by atoms with van der Waals surface area (Å²) in [6.45, 7) is 3.80. The van der Waals surface area contributed by atoms with Crippen LogP contribution in [0.5, 0.6) is 0 Å². The zero-order chi connectivity index (χ0) is 13.8. The van der Waals surface area contributed by atoms with Crippen LogP contribution in [-0.2, 0) is 16.0 Å². The Hall–Kier alpha value is -1.94. The molecule has 0 saturated heterocycles. The van der Waals surface area contributed by atoms with Gasteiger partial charge in [-0.1, -0.05) is 36.5 Å². The molecule has 0 unspecified atom stereocenters. The Kier molecular flexibility index (Phi) is 4.12. The molecular weight excluding hydrogens is 254 g/mol. The van der Waals surface area contributed by atoms with Crippen molar-refractivity contribution in [1.29, 1.82) is 0 Å². The Bertz CT molecular complexity index is 630. The second kappa shape index (κ2) is 5.80. The van der Waals surface area contributed by atoms with E-state index in [9.17, 15) is 4.79 Å². The lowest BCUT2D eigenvalue weighted by Crippen LogP contribution is -2.20. The van der Waals surface area contributed by atoms with Gasteiger partial charge in [0.2, 0.25) is 0 Å². The number of aromatic nitrogens is 1. The van der Waals surface area contributed by atoms with Gasteiger partial charge in [0.25, 0.3) is 0 Å². The molecule has 3 nitrogen and oxygen atoms in total. The van der Waals surface area contributed by atoms with Crippen molar-refractivity contribution in [2.24, 2.45) is 5.92 Å². The fourth-order valence-electron chi connectivity index (χ4n) is 2.17. The molecule has 0 amide bonds. The van der Waals surface area contributed by atoms with Gasteiger partial charge >= 0.3 is 5.97 Å². The van der Waals surface area contributed by atoms with Gasteiger partial charge in [-0.3, -0.25) is 4.79 Å². The molecule has 1 heterocycles. The maximum atomic E-state index is 11.6. The average Bonchev–Trinajstić information content (AvgIpc) is 2.86. The van der Waals surface area contributed by atoms with Gasteiger partial charge in [-0.15, -0.1) is 0 Å². The number of carbonyl (C=O) groups excluding carboxylic acids is 1. The number of aromatic amines is 1. The molecule has 1 aromatic heterocycles. The summed E-state index contributed by atoms with van der Waals surface area (Å²) >= 11 is 0. The molecule has 2 rings (SSSR count). The lowest BCUT2D eigenvalue weighted by Gasteiger charge is -2.09. The molecule has 96 valence electrons. The van der Waals surface area contributed by atoms with Crippen LogP contribution in [0.3, 0.4) is 0 Å². The van der Waals surface area contributed by atoms with E-state index in [1.165, 1.54) is 7.11 Å². The summed E-state index contributed by atoms with van der Waals surface area (Å²) in [5.74, 6) is -0.544. The van der Waals surface area contributed by atoms with Gasteiger partial charge in [-0.05, 0) is 17.5 Å². The summed E-state index contributed by atoms with van der Waals surface area (Å²) in [7, 11) is 4.69. The van der Waals surface area contributed by atoms with Crippen LogP contribution in [0.4, 0.5) is 0 Å². The van der Waals surface area contributed by atoms with E-state index in [0.29, 0.717) is 6.42 Å². The maximum absolute atomic E-state index is 11.6. The van der Waals surface area contributed by atoms with Crippen LogP contribution >= 0.6 is 0 Å². The summed E-state index contributed by atoms with van der Waals surface area (Å²) in [5, 5.41) is 1.11. The van der Waals surface area contributed by atoms with Crippen molar-refractivity contribution < 1.29 is 9.53 Å². The normalized spacial score (nSPS) is 12.1. The number of benzene rings is 1. The molecule has 0 saturated carbocycles. The zero-order valence-corrected chi connectivity index (χ0v) is 11.8. The standard InChI is InChI=1S/C15H15NO2Si/c1-3-10-5-4-6-13-11(8-16-14(10)13)7-12(9-19)15(17)18-2/h3-6,8-9,12,16H,1,7H2,2H3/t12-/m1/s1. The van der Waals surface area contributed by atoms with Gasteiger partial charge in [0.05, 0.1) is 18.5 Å². The van der Waals surface area contributed by atoms with Crippen molar-refractivity contribution in [3.8, 4) is 0 Å². The van der Waals surface area contributed by atoms with E-state index in [1.807, 2.05) is 30.5 Å². The molecule has 0 fully saturated rings. The molecule has 0 bridgehead atoms. The number of fused-ring (bicyclic) bond motifs is 1. The second-order valence-electron chi connectivity index (χ2n) is 4.29. The molecule has 1 aromatic carbocycles. The average molecular weight is 269 g/mol. The van der Waals surface area contributed by atoms with E-state index in [2.05, 4.69) is 21.4 Å². The predicted octanol–water partition coefficient (Wildman–Crippen LogP) is 2.11. The number of rotatable bonds is 5. The van der Waals surface area contributed by atoms with Gasteiger partial charge in [0, 0.05) is 21.4 Å². The topological polar surface area (TPSA) is 42.1 Å².